The van der Waals surface area contributed by atoms with Crippen LogP contribution in [0.25, 0.3) is 0 Å². The van der Waals surface area contributed by atoms with Gasteiger partial charge in [0.2, 0.25) is 0 Å². The Morgan fingerprint density at radius 1 is 0.583 bits per heavy atom. The molecule has 0 fully saturated rings. The van der Waals surface area contributed by atoms with Crippen LogP contribution in [0.1, 0.15) is 20.3 Å². The van der Waals surface area contributed by atoms with Crippen LogP contribution in [0.3, 0.4) is 0 Å². The van der Waals surface area contributed by atoms with Crippen LogP contribution >= 0.6 is 15.9 Å². The van der Waals surface area contributed by atoms with Crippen molar-refractivity contribution in [3.63, 3.8) is 0 Å². The van der Waals surface area contributed by atoms with Gasteiger partial charge in [0.25, 0.3) is 0 Å². The summed E-state index contributed by atoms with van der Waals surface area (Å²) in [4.78, 5) is 0. The third-order valence-electron chi connectivity index (χ3n) is 3.18. The van der Waals surface area contributed by atoms with Gasteiger partial charge in [-0.25, -0.2) is 0 Å². The van der Waals surface area contributed by atoms with Gasteiger partial charge >= 0.3 is 0 Å². The average molecular weight is 415 g/mol. The Morgan fingerprint density at radius 3 is 1.25 bits per heavy atom. The van der Waals surface area contributed by atoms with Gasteiger partial charge in [-0.1, -0.05) is 36.2 Å². The van der Waals surface area contributed by atoms with Gasteiger partial charge in [0.05, 0.1) is 72.7 Å². The van der Waals surface area contributed by atoms with Gasteiger partial charge in [0.1, 0.15) is 0 Å². The summed E-state index contributed by atoms with van der Waals surface area (Å²) in [7, 11) is 0. The van der Waals surface area contributed by atoms with E-state index in [9.17, 15) is 0 Å². The zero-order chi connectivity index (χ0) is 17.7. The largest absolute Gasteiger partial charge is 0.379 e. The summed E-state index contributed by atoms with van der Waals surface area (Å²) < 4.78 is 32.3. The Labute approximate surface area is 155 Å². The first kappa shape index (κ1) is 24.2. The zero-order valence-electron chi connectivity index (χ0n) is 15.3. The van der Waals surface area contributed by atoms with E-state index in [1.54, 1.807) is 0 Å². The van der Waals surface area contributed by atoms with E-state index in [0.29, 0.717) is 78.6 Å². The fraction of sp³-hybridized carbons (Fsp3) is 1.00. The second-order valence-electron chi connectivity index (χ2n) is 5.34. The molecule has 0 heterocycles. The topological polar surface area (TPSA) is 55.4 Å². The first-order valence-electron chi connectivity index (χ1n) is 8.83. The molecule has 0 rings (SSSR count). The van der Waals surface area contributed by atoms with E-state index in [1.165, 1.54) is 0 Å². The number of hydrogen-bond donors (Lipinski definition) is 0. The van der Waals surface area contributed by atoms with Crippen LogP contribution in [-0.2, 0) is 28.4 Å². The molecule has 0 N–H and O–H groups in total. The summed E-state index contributed by atoms with van der Waals surface area (Å²) in [6.45, 7) is 11.8. The van der Waals surface area contributed by atoms with Gasteiger partial charge in [-0.3, -0.25) is 0 Å². The normalized spacial score (nSPS) is 12.6. The molecule has 7 heteroatoms. The third-order valence-corrected chi connectivity index (χ3v) is 3.50. The van der Waals surface area contributed by atoms with Crippen LogP contribution in [0.2, 0.25) is 0 Å². The van der Waals surface area contributed by atoms with Crippen molar-refractivity contribution in [1.29, 1.82) is 0 Å². The van der Waals surface area contributed by atoms with E-state index in [0.717, 1.165) is 18.4 Å². The van der Waals surface area contributed by atoms with E-state index in [-0.39, 0.29) is 0 Å². The molecule has 0 radical (unpaired) electrons. The molecule has 0 aliphatic heterocycles. The molecule has 1 unspecified atom stereocenters. The Balaban J connectivity index is 2.98. The summed E-state index contributed by atoms with van der Waals surface area (Å²) >= 11 is 3.29. The maximum absolute atomic E-state index is 5.50. The van der Waals surface area contributed by atoms with Crippen molar-refractivity contribution in [1.82, 2.24) is 0 Å². The number of alkyl halides is 1. The zero-order valence-corrected chi connectivity index (χ0v) is 16.9. The second kappa shape index (κ2) is 21.3. The minimum Gasteiger partial charge on any atom is -0.379 e. The van der Waals surface area contributed by atoms with Gasteiger partial charge in [-0.2, -0.15) is 0 Å². The standard InChI is InChI=1S/C17H35BrO6/c1-3-17(2)16-24-15-14-23-13-12-22-11-10-21-9-8-20-7-6-19-5-4-18/h17H,3-16H2,1-2H3. The Morgan fingerprint density at radius 2 is 0.917 bits per heavy atom. The molecule has 1 atom stereocenters. The molecule has 0 aromatic heterocycles. The molecule has 146 valence electrons. The molecular formula is C17H35BrO6. The summed E-state index contributed by atoms with van der Waals surface area (Å²) in [5, 5.41) is 0.854. The van der Waals surface area contributed by atoms with E-state index >= 15 is 0 Å². The minimum absolute atomic E-state index is 0.571. The van der Waals surface area contributed by atoms with Crippen LogP contribution in [0.15, 0.2) is 0 Å². The summed E-state index contributed by atoms with van der Waals surface area (Å²) in [5.41, 5.74) is 0. The molecule has 0 aliphatic carbocycles. The van der Waals surface area contributed by atoms with Crippen LogP contribution in [0.4, 0.5) is 0 Å². The summed E-state index contributed by atoms with van der Waals surface area (Å²) in [5.74, 6) is 0.617. The molecule has 24 heavy (non-hydrogen) atoms. The van der Waals surface area contributed by atoms with Crippen LogP contribution in [0, 0.1) is 5.92 Å². The van der Waals surface area contributed by atoms with Crippen LogP contribution < -0.4 is 0 Å². The highest BCUT2D eigenvalue weighted by atomic mass is 79.9. The molecular weight excluding hydrogens is 380 g/mol. The van der Waals surface area contributed by atoms with Gasteiger partial charge in [-0.15, -0.1) is 0 Å². The second-order valence-corrected chi connectivity index (χ2v) is 6.13. The molecule has 6 nitrogen and oxygen atoms in total. The van der Waals surface area contributed by atoms with Crippen molar-refractivity contribution in [3.05, 3.63) is 0 Å². The molecule has 0 saturated carbocycles. The Kier molecular flexibility index (Phi) is 21.5. The average Bonchev–Trinajstić information content (AvgIpc) is 2.60. The molecule has 0 spiro atoms. The molecule has 0 bridgehead atoms. The van der Waals surface area contributed by atoms with Crippen molar-refractivity contribution in [2.24, 2.45) is 5.92 Å². The molecule has 0 saturated heterocycles. The SMILES string of the molecule is CCC(C)COCCOCCOCCOCCOCCOCCBr. The fourth-order valence-electron chi connectivity index (χ4n) is 1.56. The lowest BCUT2D eigenvalue weighted by Gasteiger charge is -2.10. The lowest BCUT2D eigenvalue weighted by atomic mass is 10.1. The molecule has 0 aromatic carbocycles. The van der Waals surface area contributed by atoms with E-state index in [1.807, 2.05) is 0 Å². The van der Waals surface area contributed by atoms with Crippen LogP contribution in [0.5, 0.6) is 0 Å². The number of halogens is 1. The van der Waals surface area contributed by atoms with Crippen molar-refractivity contribution in [3.8, 4) is 0 Å². The van der Waals surface area contributed by atoms with Crippen molar-refractivity contribution >= 4 is 15.9 Å². The van der Waals surface area contributed by atoms with Gasteiger partial charge in [0.15, 0.2) is 0 Å². The predicted molar refractivity (Wildman–Crippen MR) is 98.2 cm³/mol. The highest BCUT2D eigenvalue weighted by Crippen LogP contribution is 1.99. The number of ether oxygens (including phenoxy) is 6. The quantitative estimate of drug-likeness (QED) is 0.225. The van der Waals surface area contributed by atoms with Gasteiger partial charge in [0, 0.05) is 11.9 Å². The lowest BCUT2D eigenvalue weighted by molar-refractivity contribution is -0.0176. The first-order chi connectivity index (χ1) is 11.8. The highest BCUT2D eigenvalue weighted by molar-refractivity contribution is 9.09. The third kappa shape index (κ3) is 20.3. The number of rotatable bonds is 20. The van der Waals surface area contributed by atoms with Crippen molar-refractivity contribution < 1.29 is 28.4 Å². The smallest absolute Gasteiger partial charge is 0.0701 e. The Hall–Kier alpha value is 0.240. The summed E-state index contributed by atoms with van der Waals surface area (Å²) in [6.07, 6.45) is 1.15. The van der Waals surface area contributed by atoms with Gasteiger partial charge < -0.3 is 28.4 Å². The lowest BCUT2D eigenvalue weighted by Crippen LogP contribution is -2.14. The maximum Gasteiger partial charge on any atom is 0.0701 e. The van der Waals surface area contributed by atoms with Gasteiger partial charge in [-0.05, 0) is 5.92 Å². The van der Waals surface area contributed by atoms with Crippen LogP contribution in [-0.4, -0.2) is 84.6 Å². The predicted octanol–water partition coefficient (Wildman–Crippen LogP) is 2.53. The monoisotopic (exact) mass is 414 g/mol. The molecule has 0 amide bonds. The van der Waals surface area contributed by atoms with E-state index < -0.39 is 0 Å². The minimum atomic E-state index is 0.571. The molecule has 0 aromatic rings. The summed E-state index contributed by atoms with van der Waals surface area (Å²) in [6, 6.07) is 0. The van der Waals surface area contributed by atoms with Crippen molar-refractivity contribution in [2.75, 3.05) is 84.6 Å². The van der Waals surface area contributed by atoms with Crippen molar-refractivity contribution in [2.45, 2.75) is 20.3 Å². The number of hydrogen-bond acceptors (Lipinski definition) is 6. The maximum atomic E-state index is 5.50. The van der Waals surface area contributed by atoms with E-state index in [2.05, 4.69) is 29.8 Å². The Bertz CT molecular complexity index is 233. The fourth-order valence-corrected chi connectivity index (χ4v) is 1.79. The molecule has 0 aliphatic rings. The highest BCUT2D eigenvalue weighted by Gasteiger charge is 1.98. The first-order valence-corrected chi connectivity index (χ1v) is 9.95. The van der Waals surface area contributed by atoms with E-state index in [4.69, 9.17) is 28.4 Å².